The van der Waals surface area contributed by atoms with Crippen LogP contribution in [0, 0.1) is 6.92 Å². The van der Waals surface area contributed by atoms with E-state index in [2.05, 4.69) is 47.1 Å². The van der Waals surface area contributed by atoms with Crippen LogP contribution in [0.2, 0.25) is 0 Å². The highest BCUT2D eigenvalue weighted by molar-refractivity contribution is 9.10. The summed E-state index contributed by atoms with van der Waals surface area (Å²) < 4.78 is 12.4. The Morgan fingerprint density at radius 1 is 1.07 bits per heavy atom. The van der Waals surface area contributed by atoms with Crippen molar-refractivity contribution in [2.45, 2.75) is 56.9 Å². The van der Waals surface area contributed by atoms with Gasteiger partial charge in [-0.1, -0.05) is 47.1 Å². The highest BCUT2D eigenvalue weighted by Crippen LogP contribution is 2.41. The van der Waals surface area contributed by atoms with Gasteiger partial charge in [-0.15, -0.1) is 0 Å². The minimum absolute atomic E-state index is 0.503. The summed E-state index contributed by atoms with van der Waals surface area (Å²) in [5.74, 6) is -1.72. The molecule has 1 heterocycles. The van der Waals surface area contributed by atoms with Gasteiger partial charge in [-0.25, -0.2) is 0 Å². The number of methoxy groups -OCH3 is 1. The van der Waals surface area contributed by atoms with Gasteiger partial charge in [0.05, 0.1) is 6.61 Å². The number of rotatable bonds is 6. The van der Waals surface area contributed by atoms with Crippen molar-refractivity contribution < 1.29 is 29.9 Å². The molecule has 0 saturated carbocycles. The van der Waals surface area contributed by atoms with E-state index >= 15 is 0 Å². The van der Waals surface area contributed by atoms with Crippen LogP contribution in [-0.4, -0.2) is 58.6 Å². The number of aryl methyl sites for hydroxylation is 2. The first-order chi connectivity index (χ1) is 14.3. The third kappa shape index (κ3) is 4.21. The SMILES string of the molecule is CCc1ccc(Cc2cc([C@]3(OC)O[C@H](CO)[C@@H](O)[C@H](O)[C@H]3O)cc(C)c2Br)cc1. The van der Waals surface area contributed by atoms with Gasteiger partial charge in [0.2, 0.25) is 5.79 Å². The van der Waals surface area contributed by atoms with Crippen LogP contribution < -0.4 is 0 Å². The van der Waals surface area contributed by atoms with Crippen molar-refractivity contribution in [1.29, 1.82) is 0 Å². The molecular formula is C23H29BrO6. The van der Waals surface area contributed by atoms with E-state index in [0.717, 1.165) is 27.6 Å². The topological polar surface area (TPSA) is 99.4 Å². The number of hydrogen-bond donors (Lipinski definition) is 4. The van der Waals surface area contributed by atoms with Crippen molar-refractivity contribution in [3.8, 4) is 0 Å². The summed E-state index contributed by atoms with van der Waals surface area (Å²) in [6.07, 6.45) is -3.99. The largest absolute Gasteiger partial charge is 0.394 e. The first-order valence-electron chi connectivity index (χ1n) is 10.0. The van der Waals surface area contributed by atoms with E-state index in [4.69, 9.17) is 9.47 Å². The van der Waals surface area contributed by atoms with Crippen LogP contribution in [0.1, 0.15) is 34.7 Å². The highest BCUT2D eigenvalue weighted by Gasteiger charge is 2.55. The van der Waals surface area contributed by atoms with E-state index in [0.29, 0.717) is 12.0 Å². The van der Waals surface area contributed by atoms with Crippen molar-refractivity contribution in [2.75, 3.05) is 13.7 Å². The number of aliphatic hydroxyl groups excluding tert-OH is 4. The molecule has 3 rings (SSSR count). The van der Waals surface area contributed by atoms with Gasteiger partial charge in [0.25, 0.3) is 0 Å². The predicted molar refractivity (Wildman–Crippen MR) is 116 cm³/mol. The molecule has 0 spiro atoms. The maximum atomic E-state index is 10.8. The van der Waals surface area contributed by atoms with Crippen LogP contribution in [0.15, 0.2) is 40.9 Å². The molecule has 1 aliphatic heterocycles. The Morgan fingerprint density at radius 3 is 2.27 bits per heavy atom. The molecule has 0 amide bonds. The van der Waals surface area contributed by atoms with Crippen molar-refractivity contribution in [2.24, 2.45) is 0 Å². The summed E-state index contributed by atoms with van der Waals surface area (Å²) in [5.41, 5.74) is 4.76. The molecule has 1 fully saturated rings. The fourth-order valence-electron chi connectivity index (χ4n) is 3.95. The molecule has 0 bridgehead atoms. The molecule has 0 radical (unpaired) electrons. The molecule has 7 heteroatoms. The Labute approximate surface area is 185 Å². The molecule has 0 aromatic heterocycles. The fraction of sp³-hybridized carbons (Fsp3) is 0.478. The molecule has 30 heavy (non-hydrogen) atoms. The second-order valence-corrected chi connectivity index (χ2v) is 8.54. The van der Waals surface area contributed by atoms with Crippen LogP contribution in [0.5, 0.6) is 0 Å². The molecule has 0 unspecified atom stereocenters. The van der Waals surface area contributed by atoms with Crippen LogP contribution in [0.4, 0.5) is 0 Å². The van der Waals surface area contributed by atoms with Crippen LogP contribution in [-0.2, 0) is 28.1 Å². The monoisotopic (exact) mass is 480 g/mol. The lowest BCUT2D eigenvalue weighted by Crippen LogP contribution is -2.64. The minimum Gasteiger partial charge on any atom is -0.394 e. The minimum atomic E-state index is -1.72. The predicted octanol–water partition coefficient (Wildman–Crippen LogP) is 2.18. The first-order valence-corrected chi connectivity index (χ1v) is 10.8. The average Bonchev–Trinajstić information content (AvgIpc) is 2.76. The van der Waals surface area contributed by atoms with E-state index in [1.54, 1.807) is 6.07 Å². The van der Waals surface area contributed by atoms with Crippen molar-refractivity contribution in [3.63, 3.8) is 0 Å². The summed E-state index contributed by atoms with van der Waals surface area (Å²) >= 11 is 3.65. The zero-order chi connectivity index (χ0) is 22.1. The molecule has 1 saturated heterocycles. The first kappa shape index (κ1) is 23.3. The number of aliphatic hydroxyl groups is 4. The second-order valence-electron chi connectivity index (χ2n) is 7.75. The molecule has 1 aliphatic rings. The summed E-state index contributed by atoms with van der Waals surface area (Å²) in [5, 5.41) is 40.8. The van der Waals surface area contributed by atoms with Gasteiger partial charge < -0.3 is 29.9 Å². The smallest absolute Gasteiger partial charge is 0.224 e. The maximum Gasteiger partial charge on any atom is 0.224 e. The highest BCUT2D eigenvalue weighted by atomic mass is 79.9. The van der Waals surface area contributed by atoms with E-state index in [-0.39, 0.29) is 0 Å². The molecule has 0 aliphatic carbocycles. The van der Waals surface area contributed by atoms with Gasteiger partial charge in [-0.3, -0.25) is 0 Å². The molecular weight excluding hydrogens is 452 g/mol. The molecule has 5 atom stereocenters. The van der Waals surface area contributed by atoms with Crippen LogP contribution in [0.3, 0.4) is 0 Å². The van der Waals surface area contributed by atoms with Gasteiger partial charge in [0.15, 0.2) is 0 Å². The normalized spacial score (nSPS) is 29.2. The van der Waals surface area contributed by atoms with E-state index in [1.807, 2.05) is 13.0 Å². The van der Waals surface area contributed by atoms with Gasteiger partial charge in [-0.05, 0) is 54.2 Å². The Kier molecular flexibility index (Phi) is 7.35. The second kappa shape index (κ2) is 9.44. The lowest BCUT2D eigenvalue weighted by atomic mass is 9.86. The standard InChI is InChI=1S/C23H29BrO6/c1-4-14-5-7-15(8-6-14)10-16-11-17(9-13(2)19(16)24)23(29-3)22(28)21(27)20(26)18(12-25)30-23/h5-9,11,18,20-22,25-28H,4,10,12H2,1-3H3/t18-,20-,21+,22-,23+/m1/s1. The molecule has 2 aromatic carbocycles. The fourth-order valence-corrected chi connectivity index (χ4v) is 4.32. The average molecular weight is 481 g/mol. The Bertz CT molecular complexity index is 869. The van der Waals surface area contributed by atoms with Gasteiger partial charge in [0.1, 0.15) is 24.4 Å². The van der Waals surface area contributed by atoms with Crippen molar-refractivity contribution >= 4 is 15.9 Å². The van der Waals surface area contributed by atoms with Gasteiger partial charge >= 0.3 is 0 Å². The van der Waals surface area contributed by atoms with Gasteiger partial charge in [0, 0.05) is 17.1 Å². The molecule has 164 valence electrons. The van der Waals surface area contributed by atoms with Crippen LogP contribution in [0.25, 0.3) is 0 Å². The Morgan fingerprint density at radius 2 is 1.70 bits per heavy atom. The van der Waals surface area contributed by atoms with Crippen LogP contribution >= 0.6 is 15.9 Å². The van der Waals surface area contributed by atoms with Crippen molar-refractivity contribution in [3.05, 3.63) is 68.7 Å². The summed E-state index contributed by atoms with van der Waals surface area (Å²) in [7, 11) is 1.36. The number of ether oxygens (including phenoxy) is 2. The van der Waals surface area contributed by atoms with E-state index < -0.39 is 36.8 Å². The third-order valence-corrected chi connectivity index (χ3v) is 6.95. The maximum absolute atomic E-state index is 10.8. The molecule has 2 aromatic rings. The zero-order valence-electron chi connectivity index (χ0n) is 17.4. The lowest BCUT2D eigenvalue weighted by Gasteiger charge is -2.47. The number of benzene rings is 2. The summed E-state index contributed by atoms with van der Waals surface area (Å²) in [6, 6.07) is 12.1. The van der Waals surface area contributed by atoms with E-state index in [1.165, 1.54) is 12.7 Å². The molecule has 4 N–H and O–H groups in total. The number of hydrogen-bond acceptors (Lipinski definition) is 6. The number of halogens is 1. The molecule has 6 nitrogen and oxygen atoms in total. The van der Waals surface area contributed by atoms with E-state index in [9.17, 15) is 20.4 Å². The Hall–Kier alpha value is -1.32. The third-order valence-electron chi connectivity index (χ3n) is 5.81. The summed E-state index contributed by atoms with van der Waals surface area (Å²) in [4.78, 5) is 0. The quantitative estimate of drug-likeness (QED) is 0.505. The lowest BCUT2D eigenvalue weighted by molar-refractivity contribution is -0.366. The Balaban J connectivity index is 2.03. The summed E-state index contributed by atoms with van der Waals surface area (Å²) in [6.45, 7) is 3.51. The van der Waals surface area contributed by atoms with Gasteiger partial charge in [-0.2, -0.15) is 0 Å². The zero-order valence-corrected chi connectivity index (χ0v) is 19.0. The van der Waals surface area contributed by atoms with Crippen molar-refractivity contribution in [1.82, 2.24) is 0 Å².